The maximum Gasteiger partial charge on any atom is 0.228 e. The fourth-order valence-corrected chi connectivity index (χ4v) is 5.11. The highest BCUT2D eigenvalue weighted by atomic mass is 35.5. The maximum atomic E-state index is 13.5. The molecule has 1 aliphatic carbocycles. The lowest BCUT2D eigenvalue weighted by Crippen LogP contribution is -2.33. The standard InChI is InChI=1S/C26H20Cl2N4O2/c1-26(2)11-18(33)21-19(12-26)34-25-22(20(21)14-3-7-16(27)8-4-14)24-30-23(31-32(24)13-29-25)15-5-9-17(28)10-6-15/h3-10,13,20H,11-12H2,1-2H3. The Morgan fingerprint density at radius 3 is 2.38 bits per heavy atom. The zero-order valence-corrected chi connectivity index (χ0v) is 20.1. The van der Waals surface area contributed by atoms with Gasteiger partial charge in [0.1, 0.15) is 12.1 Å². The highest BCUT2D eigenvalue weighted by molar-refractivity contribution is 6.30. The van der Waals surface area contributed by atoms with Gasteiger partial charge in [-0.2, -0.15) is 0 Å². The minimum Gasteiger partial charge on any atom is -0.442 e. The molecule has 3 heterocycles. The molecule has 6 nitrogen and oxygen atoms in total. The Balaban J connectivity index is 1.59. The van der Waals surface area contributed by atoms with E-state index in [0.717, 1.165) is 16.7 Å². The molecule has 0 fully saturated rings. The van der Waals surface area contributed by atoms with Crippen LogP contribution in [0, 0.1) is 5.41 Å². The molecule has 4 aromatic rings. The number of hydrogen-bond donors (Lipinski definition) is 0. The Morgan fingerprint density at radius 1 is 1.00 bits per heavy atom. The number of ether oxygens (including phenoxy) is 1. The number of rotatable bonds is 2. The summed E-state index contributed by atoms with van der Waals surface area (Å²) in [6.45, 7) is 4.16. The number of aromatic nitrogens is 4. The highest BCUT2D eigenvalue weighted by Gasteiger charge is 2.43. The molecule has 0 N–H and O–H groups in total. The lowest BCUT2D eigenvalue weighted by Gasteiger charge is -2.37. The van der Waals surface area contributed by atoms with Crippen LogP contribution in [0.4, 0.5) is 0 Å². The van der Waals surface area contributed by atoms with Crippen LogP contribution in [-0.2, 0) is 4.79 Å². The van der Waals surface area contributed by atoms with Gasteiger partial charge in [-0.15, -0.1) is 5.10 Å². The SMILES string of the molecule is CC1(C)CC(=O)C2=C(C1)Oc1ncn3nc(-c4ccc(Cl)cc4)nc3c1C2c1ccc(Cl)cc1. The van der Waals surface area contributed by atoms with Crippen molar-refractivity contribution in [1.29, 1.82) is 0 Å². The normalized spacial score (nSPS) is 19.1. The van der Waals surface area contributed by atoms with Gasteiger partial charge in [0.15, 0.2) is 17.3 Å². The number of fused-ring (bicyclic) bond motifs is 3. The Kier molecular flexibility index (Phi) is 4.80. The van der Waals surface area contributed by atoms with Gasteiger partial charge in [0.05, 0.1) is 5.56 Å². The number of Topliss-reactive ketones (excluding diaryl/α,β-unsaturated/α-hetero) is 1. The number of ketones is 1. The third-order valence-electron chi connectivity index (χ3n) is 6.37. The number of hydrogen-bond acceptors (Lipinski definition) is 5. The number of nitrogens with zero attached hydrogens (tertiary/aromatic N) is 4. The van der Waals surface area contributed by atoms with Crippen molar-refractivity contribution in [1.82, 2.24) is 19.6 Å². The van der Waals surface area contributed by atoms with Crippen molar-refractivity contribution in [2.24, 2.45) is 5.41 Å². The number of benzene rings is 2. The van der Waals surface area contributed by atoms with E-state index in [2.05, 4.69) is 23.9 Å². The Labute approximate surface area is 206 Å². The van der Waals surface area contributed by atoms with Gasteiger partial charge in [0.2, 0.25) is 5.88 Å². The summed E-state index contributed by atoms with van der Waals surface area (Å²) in [5.41, 5.74) is 3.57. The molecule has 2 aromatic heterocycles. The first-order chi connectivity index (χ1) is 16.3. The van der Waals surface area contributed by atoms with E-state index in [1.807, 2.05) is 36.4 Å². The molecule has 8 heteroatoms. The van der Waals surface area contributed by atoms with Crippen LogP contribution in [0.1, 0.15) is 43.7 Å². The van der Waals surface area contributed by atoms with E-state index in [1.54, 1.807) is 23.0 Å². The predicted molar refractivity (Wildman–Crippen MR) is 130 cm³/mol. The van der Waals surface area contributed by atoms with Crippen LogP contribution in [-0.4, -0.2) is 25.4 Å². The van der Waals surface area contributed by atoms with E-state index in [4.69, 9.17) is 32.9 Å². The monoisotopic (exact) mass is 490 g/mol. The third-order valence-corrected chi connectivity index (χ3v) is 6.87. The van der Waals surface area contributed by atoms with Gasteiger partial charge in [-0.25, -0.2) is 14.5 Å². The van der Waals surface area contributed by atoms with Crippen molar-refractivity contribution in [2.45, 2.75) is 32.6 Å². The quantitative estimate of drug-likeness (QED) is 0.331. The number of halogens is 2. The highest BCUT2D eigenvalue weighted by Crippen LogP contribution is 2.50. The van der Waals surface area contributed by atoms with E-state index < -0.39 is 0 Å². The minimum absolute atomic E-state index is 0.0799. The molecular weight excluding hydrogens is 471 g/mol. The summed E-state index contributed by atoms with van der Waals surface area (Å²) >= 11 is 12.2. The van der Waals surface area contributed by atoms with Crippen molar-refractivity contribution in [3.63, 3.8) is 0 Å². The van der Waals surface area contributed by atoms with Gasteiger partial charge < -0.3 is 4.74 Å². The summed E-state index contributed by atoms with van der Waals surface area (Å²) in [6, 6.07) is 14.9. The van der Waals surface area contributed by atoms with E-state index in [0.29, 0.717) is 51.6 Å². The number of carbonyl (C=O) groups excluding carboxylic acids is 1. The minimum atomic E-state index is -0.377. The van der Waals surface area contributed by atoms with E-state index >= 15 is 0 Å². The molecule has 0 saturated carbocycles. The first-order valence-corrected chi connectivity index (χ1v) is 11.8. The molecule has 6 rings (SSSR count). The van der Waals surface area contributed by atoms with Crippen LogP contribution < -0.4 is 4.74 Å². The first-order valence-electron chi connectivity index (χ1n) is 11.0. The van der Waals surface area contributed by atoms with Gasteiger partial charge in [0, 0.05) is 39.9 Å². The lowest BCUT2D eigenvalue weighted by atomic mass is 9.70. The first kappa shape index (κ1) is 21.3. The summed E-state index contributed by atoms with van der Waals surface area (Å²) in [5, 5.41) is 5.90. The molecule has 0 radical (unpaired) electrons. The molecule has 170 valence electrons. The number of carbonyl (C=O) groups is 1. The van der Waals surface area contributed by atoms with Crippen LogP contribution in [0.5, 0.6) is 5.88 Å². The Bertz CT molecular complexity index is 1490. The van der Waals surface area contributed by atoms with Gasteiger partial charge in [-0.05, 0) is 47.4 Å². The van der Waals surface area contributed by atoms with Crippen molar-refractivity contribution >= 4 is 34.6 Å². The molecule has 0 bridgehead atoms. The smallest absolute Gasteiger partial charge is 0.228 e. The molecule has 0 spiro atoms. The largest absolute Gasteiger partial charge is 0.442 e. The Hall–Kier alpha value is -3.22. The molecular formula is C26H20Cl2N4O2. The summed E-state index contributed by atoms with van der Waals surface area (Å²) in [4.78, 5) is 22.9. The van der Waals surface area contributed by atoms with Crippen LogP contribution in [0.25, 0.3) is 17.0 Å². The third kappa shape index (κ3) is 3.49. The van der Waals surface area contributed by atoms with Gasteiger partial charge in [-0.1, -0.05) is 49.2 Å². The van der Waals surface area contributed by atoms with Crippen LogP contribution >= 0.6 is 23.2 Å². The Morgan fingerprint density at radius 2 is 1.68 bits per heavy atom. The molecule has 0 amide bonds. The zero-order valence-electron chi connectivity index (χ0n) is 18.5. The molecule has 1 aliphatic heterocycles. The van der Waals surface area contributed by atoms with E-state index in [-0.39, 0.29) is 17.1 Å². The molecule has 2 aromatic carbocycles. The van der Waals surface area contributed by atoms with Gasteiger partial charge >= 0.3 is 0 Å². The second-order valence-corrected chi connectivity index (χ2v) is 10.4. The van der Waals surface area contributed by atoms with Crippen LogP contribution in [0.2, 0.25) is 10.0 Å². The number of allylic oxidation sites excluding steroid dienone is 2. The van der Waals surface area contributed by atoms with Gasteiger partial charge in [-0.3, -0.25) is 4.79 Å². The summed E-state index contributed by atoms with van der Waals surface area (Å²) in [6.07, 6.45) is 2.71. The molecule has 1 atom stereocenters. The zero-order chi connectivity index (χ0) is 23.6. The second kappa shape index (κ2) is 7.65. The average Bonchev–Trinajstić information content (AvgIpc) is 3.22. The molecule has 2 aliphatic rings. The van der Waals surface area contributed by atoms with Gasteiger partial charge in [0.25, 0.3) is 0 Å². The second-order valence-electron chi connectivity index (χ2n) is 9.54. The molecule has 0 saturated heterocycles. The predicted octanol–water partition coefficient (Wildman–Crippen LogP) is 6.27. The maximum absolute atomic E-state index is 13.5. The molecule has 34 heavy (non-hydrogen) atoms. The van der Waals surface area contributed by atoms with Crippen LogP contribution in [0.3, 0.4) is 0 Å². The lowest BCUT2D eigenvalue weighted by molar-refractivity contribution is -0.118. The van der Waals surface area contributed by atoms with Crippen LogP contribution in [0.15, 0.2) is 66.2 Å². The van der Waals surface area contributed by atoms with Crippen molar-refractivity contribution in [3.05, 3.63) is 87.4 Å². The van der Waals surface area contributed by atoms with Crippen molar-refractivity contribution in [3.8, 4) is 17.3 Å². The summed E-state index contributed by atoms with van der Waals surface area (Å²) in [5.74, 6) is 1.38. The fraction of sp³-hybridized carbons (Fsp3) is 0.231. The summed E-state index contributed by atoms with van der Waals surface area (Å²) in [7, 11) is 0. The fourth-order valence-electron chi connectivity index (χ4n) is 4.86. The summed E-state index contributed by atoms with van der Waals surface area (Å²) < 4.78 is 7.92. The van der Waals surface area contributed by atoms with Crippen molar-refractivity contribution in [2.75, 3.05) is 0 Å². The van der Waals surface area contributed by atoms with Crippen molar-refractivity contribution < 1.29 is 9.53 Å². The average molecular weight is 491 g/mol. The molecule has 1 unspecified atom stereocenters. The van der Waals surface area contributed by atoms with E-state index in [1.165, 1.54) is 0 Å². The van der Waals surface area contributed by atoms with E-state index in [9.17, 15) is 4.79 Å². The topological polar surface area (TPSA) is 69.4 Å².